The fraction of sp³-hybridized carbons (Fsp3) is 0.167. The van der Waals surface area contributed by atoms with E-state index in [1.807, 2.05) is 32.2 Å². The van der Waals surface area contributed by atoms with Crippen molar-refractivity contribution >= 4 is 49.2 Å². The van der Waals surface area contributed by atoms with E-state index in [4.69, 9.17) is 0 Å². The van der Waals surface area contributed by atoms with Gasteiger partial charge in [-0.3, -0.25) is 0 Å². The third kappa shape index (κ3) is 2.81. The molecule has 0 aliphatic carbocycles. The highest BCUT2D eigenvalue weighted by Gasteiger charge is 2.08. The summed E-state index contributed by atoms with van der Waals surface area (Å²) in [7, 11) is 1.84. The van der Waals surface area contributed by atoms with Gasteiger partial charge in [0, 0.05) is 21.6 Å². The van der Waals surface area contributed by atoms with Crippen LogP contribution in [0.3, 0.4) is 0 Å². The van der Waals surface area contributed by atoms with Gasteiger partial charge >= 0.3 is 0 Å². The molecule has 18 heavy (non-hydrogen) atoms. The Hall–Kier alpha value is -1.14. The van der Waals surface area contributed by atoms with Crippen molar-refractivity contribution in [1.29, 1.82) is 0 Å². The zero-order chi connectivity index (χ0) is 13.1. The van der Waals surface area contributed by atoms with Crippen LogP contribution < -0.4 is 10.6 Å². The molecule has 1 heterocycles. The number of halogens is 2. The van der Waals surface area contributed by atoms with Gasteiger partial charge in [-0.15, -0.1) is 0 Å². The minimum atomic E-state index is 0.785. The van der Waals surface area contributed by atoms with Crippen LogP contribution in [0.1, 0.15) is 5.56 Å². The first-order chi connectivity index (χ1) is 8.61. The Kier molecular flexibility index (Phi) is 4.19. The van der Waals surface area contributed by atoms with Gasteiger partial charge in [-0.05, 0) is 41.1 Å². The van der Waals surface area contributed by atoms with E-state index < -0.39 is 0 Å². The van der Waals surface area contributed by atoms with Crippen LogP contribution in [-0.4, -0.2) is 17.0 Å². The number of nitrogens with one attached hydrogen (secondary N) is 2. The maximum Gasteiger partial charge on any atom is 0.138 e. The molecular weight excluding hydrogens is 360 g/mol. The molecule has 2 rings (SSSR count). The molecule has 1 aromatic carbocycles. The summed E-state index contributed by atoms with van der Waals surface area (Å²) in [6.45, 7) is 1.97. The molecule has 0 aliphatic heterocycles. The molecule has 6 heteroatoms. The second-order valence-corrected chi connectivity index (χ2v) is 5.47. The average Bonchev–Trinajstić information content (AvgIpc) is 2.36. The molecule has 0 spiro atoms. The van der Waals surface area contributed by atoms with Gasteiger partial charge in [0.1, 0.15) is 18.0 Å². The highest BCUT2D eigenvalue weighted by molar-refractivity contribution is 9.11. The number of rotatable bonds is 3. The summed E-state index contributed by atoms with van der Waals surface area (Å²) in [5, 5.41) is 6.32. The van der Waals surface area contributed by atoms with Crippen molar-refractivity contribution in [1.82, 2.24) is 9.97 Å². The van der Waals surface area contributed by atoms with Crippen molar-refractivity contribution in [3.63, 3.8) is 0 Å². The van der Waals surface area contributed by atoms with Gasteiger partial charge in [-0.25, -0.2) is 9.97 Å². The number of nitrogens with zero attached hydrogens (tertiary/aromatic N) is 2. The predicted octanol–water partition coefficient (Wildman–Crippen LogP) is 4.10. The van der Waals surface area contributed by atoms with Crippen LogP contribution in [0.25, 0.3) is 0 Å². The Morgan fingerprint density at radius 1 is 1.11 bits per heavy atom. The van der Waals surface area contributed by atoms with Crippen molar-refractivity contribution < 1.29 is 0 Å². The summed E-state index contributed by atoms with van der Waals surface area (Å²) < 4.78 is 1.99. The molecule has 0 unspecified atom stereocenters. The standard InChI is InChI=1S/C12H12Br2N4/c1-7-11(15-2)16-6-17-12(7)18-10-5-8(13)3-4-9(10)14/h3-6H,1-2H3,(H2,15,16,17,18). The molecule has 0 saturated heterocycles. The Labute approximate surface area is 122 Å². The van der Waals surface area contributed by atoms with Crippen molar-refractivity contribution in [3.05, 3.63) is 39.0 Å². The Bertz CT molecular complexity index is 572. The Morgan fingerprint density at radius 3 is 2.56 bits per heavy atom. The van der Waals surface area contributed by atoms with Crippen LogP contribution in [0.4, 0.5) is 17.3 Å². The molecule has 0 aliphatic rings. The number of anilines is 3. The topological polar surface area (TPSA) is 49.8 Å². The van der Waals surface area contributed by atoms with E-state index in [9.17, 15) is 0 Å². The van der Waals surface area contributed by atoms with E-state index in [-0.39, 0.29) is 0 Å². The zero-order valence-corrected chi connectivity index (χ0v) is 13.1. The summed E-state index contributed by atoms with van der Waals surface area (Å²) in [5.41, 5.74) is 1.93. The molecule has 2 aromatic rings. The fourth-order valence-electron chi connectivity index (χ4n) is 1.55. The minimum Gasteiger partial charge on any atom is -0.373 e. The maximum absolute atomic E-state index is 4.25. The largest absolute Gasteiger partial charge is 0.373 e. The van der Waals surface area contributed by atoms with E-state index in [0.29, 0.717) is 0 Å². The van der Waals surface area contributed by atoms with Gasteiger partial charge in [0.2, 0.25) is 0 Å². The molecule has 94 valence electrons. The third-order valence-corrected chi connectivity index (χ3v) is 3.69. The van der Waals surface area contributed by atoms with Crippen LogP contribution in [0.2, 0.25) is 0 Å². The van der Waals surface area contributed by atoms with E-state index in [1.165, 1.54) is 6.33 Å². The minimum absolute atomic E-state index is 0.785. The number of benzene rings is 1. The third-order valence-electron chi connectivity index (χ3n) is 2.50. The maximum atomic E-state index is 4.25. The van der Waals surface area contributed by atoms with Gasteiger partial charge in [0.25, 0.3) is 0 Å². The highest BCUT2D eigenvalue weighted by atomic mass is 79.9. The lowest BCUT2D eigenvalue weighted by Crippen LogP contribution is -2.02. The van der Waals surface area contributed by atoms with Gasteiger partial charge in [0.05, 0.1) is 5.69 Å². The second kappa shape index (κ2) is 5.67. The Balaban J connectivity index is 2.37. The summed E-state index contributed by atoms with van der Waals surface area (Å²) in [4.78, 5) is 8.41. The van der Waals surface area contributed by atoms with Gasteiger partial charge in [-0.1, -0.05) is 15.9 Å². The van der Waals surface area contributed by atoms with E-state index >= 15 is 0 Å². The number of aromatic nitrogens is 2. The number of hydrogen-bond donors (Lipinski definition) is 2. The predicted molar refractivity (Wildman–Crippen MR) is 81.4 cm³/mol. The van der Waals surface area contributed by atoms with Crippen molar-refractivity contribution in [3.8, 4) is 0 Å². The Morgan fingerprint density at radius 2 is 1.83 bits per heavy atom. The molecule has 4 nitrogen and oxygen atoms in total. The SMILES string of the molecule is CNc1ncnc(Nc2cc(Br)ccc2Br)c1C. The van der Waals surface area contributed by atoms with Crippen LogP contribution in [0.5, 0.6) is 0 Å². The molecule has 0 amide bonds. The second-order valence-electron chi connectivity index (χ2n) is 3.70. The van der Waals surface area contributed by atoms with Crippen molar-refractivity contribution in [2.45, 2.75) is 6.92 Å². The lowest BCUT2D eigenvalue weighted by Gasteiger charge is -2.12. The van der Waals surface area contributed by atoms with Crippen molar-refractivity contribution in [2.75, 3.05) is 17.7 Å². The van der Waals surface area contributed by atoms with Gasteiger partial charge in [0.15, 0.2) is 0 Å². The lowest BCUT2D eigenvalue weighted by atomic mass is 10.2. The van der Waals surface area contributed by atoms with E-state index in [0.717, 1.165) is 31.8 Å². The first-order valence-corrected chi connectivity index (χ1v) is 6.92. The van der Waals surface area contributed by atoms with Crippen LogP contribution in [0.15, 0.2) is 33.5 Å². The summed E-state index contributed by atoms with van der Waals surface area (Å²) in [6.07, 6.45) is 1.53. The quantitative estimate of drug-likeness (QED) is 0.852. The molecule has 0 atom stereocenters. The monoisotopic (exact) mass is 370 g/mol. The molecule has 0 radical (unpaired) electrons. The van der Waals surface area contributed by atoms with Crippen LogP contribution >= 0.6 is 31.9 Å². The molecule has 2 N–H and O–H groups in total. The normalized spacial score (nSPS) is 10.2. The number of hydrogen-bond acceptors (Lipinski definition) is 4. The first-order valence-electron chi connectivity index (χ1n) is 5.33. The summed E-state index contributed by atoms with van der Waals surface area (Å²) in [6, 6.07) is 5.94. The van der Waals surface area contributed by atoms with E-state index in [1.54, 1.807) is 0 Å². The highest BCUT2D eigenvalue weighted by Crippen LogP contribution is 2.30. The molecule has 0 saturated carbocycles. The van der Waals surface area contributed by atoms with Crippen LogP contribution in [-0.2, 0) is 0 Å². The van der Waals surface area contributed by atoms with Gasteiger partial charge < -0.3 is 10.6 Å². The summed E-state index contributed by atoms with van der Waals surface area (Å²) >= 11 is 6.96. The first kappa shape index (κ1) is 13.3. The molecular formula is C12H12Br2N4. The average molecular weight is 372 g/mol. The van der Waals surface area contributed by atoms with E-state index in [2.05, 4.69) is 52.5 Å². The molecule has 0 bridgehead atoms. The lowest BCUT2D eigenvalue weighted by molar-refractivity contribution is 1.12. The fourth-order valence-corrected chi connectivity index (χ4v) is 2.26. The van der Waals surface area contributed by atoms with Crippen molar-refractivity contribution in [2.24, 2.45) is 0 Å². The van der Waals surface area contributed by atoms with Gasteiger partial charge in [-0.2, -0.15) is 0 Å². The smallest absolute Gasteiger partial charge is 0.138 e. The van der Waals surface area contributed by atoms with Crippen LogP contribution in [0, 0.1) is 6.92 Å². The zero-order valence-electron chi connectivity index (χ0n) is 9.96. The summed E-state index contributed by atoms with van der Waals surface area (Å²) in [5.74, 6) is 1.60. The molecule has 0 fully saturated rings. The molecule has 1 aromatic heterocycles.